The van der Waals surface area contributed by atoms with Crippen molar-refractivity contribution < 1.29 is 9.52 Å². The normalized spacial score (nSPS) is 10.5. The van der Waals surface area contributed by atoms with Gasteiger partial charge in [0.25, 0.3) is 0 Å². The van der Waals surface area contributed by atoms with Gasteiger partial charge < -0.3 is 9.52 Å². The second-order valence-electron chi connectivity index (χ2n) is 4.34. The number of phenols is 1. The van der Waals surface area contributed by atoms with Crippen molar-refractivity contribution in [1.29, 1.82) is 0 Å². The quantitative estimate of drug-likeness (QED) is 0.773. The van der Waals surface area contributed by atoms with Crippen LogP contribution in [0.15, 0.2) is 65.3 Å². The summed E-state index contributed by atoms with van der Waals surface area (Å²) in [6.45, 7) is 0. The number of nitrogens with zero attached hydrogens (tertiary/aromatic N) is 1. The van der Waals surface area contributed by atoms with E-state index in [9.17, 15) is 5.11 Å². The van der Waals surface area contributed by atoms with E-state index in [1.807, 2.05) is 42.5 Å². The molecule has 3 heteroatoms. The molecule has 1 aromatic heterocycles. The fourth-order valence-electron chi connectivity index (χ4n) is 1.92. The predicted molar refractivity (Wildman–Crippen MR) is 72.9 cm³/mol. The van der Waals surface area contributed by atoms with E-state index in [1.165, 1.54) is 0 Å². The number of aromatic hydroxyl groups is 1. The first-order valence-electron chi connectivity index (χ1n) is 6.09. The second kappa shape index (κ2) is 4.98. The van der Waals surface area contributed by atoms with Crippen molar-refractivity contribution in [3.05, 3.63) is 72.3 Å². The standard InChI is InChI=1S/C16H13NO2/c18-14-8-6-12(7-9-14)10-16-17-15(11-19-16)13-4-2-1-3-5-13/h1-9,11,18H,10H2. The van der Waals surface area contributed by atoms with Gasteiger partial charge in [-0.1, -0.05) is 42.5 Å². The van der Waals surface area contributed by atoms with Crippen LogP contribution in [0.2, 0.25) is 0 Å². The van der Waals surface area contributed by atoms with Crippen molar-refractivity contribution in [3.63, 3.8) is 0 Å². The van der Waals surface area contributed by atoms with E-state index in [0.29, 0.717) is 12.3 Å². The molecule has 0 radical (unpaired) electrons. The highest BCUT2D eigenvalue weighted by molar-refractivity contribution is 5.57. The first kappa shape index (κ1) is 11.5. The van der Waals surface area contributed by atoms with Crippen LogP contribution in [-0.2, 0) is 6.42 Å². The van der Waals surface area contributed by atoms with Crippen molar-refractivity contribution >= 4 is 0 Å². The van der Waals surface area contributed by atoms with Crippen LogP contribution >= 0.6 is 0 Å². The summed E-state index contributed by atoms with van der Waals surface area (Å²) in [6, 6.07) is 17.0. The maximum Gasteiger partial charge on any atom is 0.198 e. The van der Waals surface area contributed by atoms with Gasteiger partial charge in [-0.3, -0.25) is 0 Å². The maximum atomic E-state index is 9.24. The Bertz CT molecular complexity index is 657. The van der Waals surface area contributed by atoms with E-state index in [4.69, 9.17) is 4.42 Å². The van der Waals surface area contributed by atoms with Gasteiger partial charge in [-0.15, -0.1) is 0 Å². The predicted octanol–water partition coefficient (Wildman–Crippen LogP) is 3.64. The Hall–Kier alpha value is -2.55. The minimum Gasteiger partial charge on any atom is -0.508 e. The Balaban J connectivity index is 1.80. The van der Waals surface area contributed by atoms with Crippen LogP contribution in [0.1, 0.15) is 11.5 Å². The summed E-state index contributed by atoms with van der Waals surface area (Å²) in [5, 5.41) is 9.24. The molecule has 1 N–H and O–H groups in total. The molecule has 3 nitrogen and oxygen atoms in total. The molecule has 0 saturated carbocycles. The Morgan fingerprint density at radius 2 is 1.68 bits per heavy atom. The fraction of sp³-hybridized carbons (Fsp3) is 0.0625. The van der Waals surface area contributed by atoms with Crippen molar-refractivity contribution in [2.24, 2.45) is 0 Å². The largest absolute Gasteiger partial charge is 0.508 e. The summed E-state index contributed by atoms with van der Waals surface area (Å²) in [7, 11) is 0. The molecule has 0 aliphatic heterocycles. The summed E-state index contributed by atoms with van der Waals surface area (Å²) in [4.78, 5) is 4.47. The zero-order valence-electron chi connectivity index (χ0n) is 10.3. The molecule has 0 unspecified atom stereocenters. The molecule has 3 aromatic rings. The van der Waals surface area contributed by atoms with Crippen LogP contribution in [-0.4, -0.2) is 10.1 Å². The SMILES string of the molecule is Oc1ccc(Cc2nc(-c3ccccc3)co2)cc1. The zero-order chi connectivity index (χ0) is 13.1. The van der Waals surface area contributed by atoms with Crippen LogP contribution in [0, 0.1) is 0 Å². The number of rotatable bonds is 3. The van der Waals surface area contributed by atoms with Gasteiger partial charge in [0.1, 0.15) is 17.7 Å². The lowest BCUT2D eigenvalue weighted by Gasteiger charge is -1.97. The van der Waals surface area contributed by atoms with Gasteiger partial charge in [0.15, 0.2) is 5.89 Å². The molecule has 0 spiro atoms. The molecule has 2 aromatic carbocycles. The topological polar surface area (TPSA) is 46.3 Å². The number of oxazole rings is 1. The molecule has 94 valence electrons. The van der Waals surface area contributed by atoms with Crippen LogP contribution in [0.5, 0.6) is 5.75 Å². The zero-order valence-corrected chi connectivity index (χ0v) is 10.3. The van der Waals surface area contributed by atoms with Crippen molar-refractivity contribution in [2.75, 3.05) is 0 Å². The first-order valence-corrected chi connectivity index (χ1v) is 6.09. The summed E-state index contributed by atoms with van der Waals surface area (Å²) in [5.74, 6) is 0.936. The molecule has 0 atom stereocenters. The highest BCUT2D eigenvalue weighted by atomic mass is 16.3. The summed E-state index contributed by atoms with van der Waals surface area (Å²) < 4.78 is 5.48. The monoisotopic (exact) mass is 251 g/mol. The molecule has 0 aliphatic carbocycles. The van der Waals surface area contributed by atoms with Gasteiger partial charge in [0.2, 0.25) is 0 Å². The first-order chi connectivity index (χ1) is 9.31. The number of benzene rings is 2. The third-order valence-electron chi connectivity index (χ3n) is 2.91. The number of phenolic OH excluding ortho intramolecular Hbond substituents is 1. The van der Waals surface area contributed by atoms with Gasteiger partial charge in [0, 0.05) is 12.0 Å². The number of aromatic nitrogens is 1. The molecule has 0 saturated heterocycles. The molecule has 0 fully saturated rings. The van der Waals surface area contributed by atoms with E-state index >= 15 is 0 Å². The van der Waals surface area contributed by atoms with Gasteiger partial charge >= 0.3 is 0 Å². The number of hydrogen-bond donors (Lipinski definition) is 1. The van der Waals surface area contributed by atoms with Crippen LogP contribution in [0.3, 0.4) is 0 Å². The second-order valence-corrected chi connectivity index (χ2v) is 4.34. The molecular formula is C16H13NO2. The minimum atomic E-state index is 0.265. The highest BCUT2D eigenvalue weighted by Gasteiger charge is 2.06. The smallest absolute Gasteiger partial charge is 0.198 e. The molecule has 3 rings (SSSR count). The summed E-state index contributed by atoms with van der Waals surface area (Å²) >= 11 is 0. The fourth-order valence-corrected chi connectivity index (χ4v) is 1.92. The summed E-state index contributed by atoms with van der Waals surface area (Å²) in [5.41, 5.74) is 2.94. The lowest BCUT2D eigenvalue weighted by atomic mass is 10.1. The summed E-state index contributed by atoms with van der Waals surface area (Å²) in [6.07, 6.45) is 2.29. The van der Waals surface area contributed by atoms with E-state index in [0.717, 1.165) is 16.8 Å². The van der Waals surface area contributed by atoms with E-state index in [1.54, 1.807) is 18.4 Å². The molecule has 0 amide bonds. The molecule has 0 bridgehead atoms. The third kappa shape index (κ3) is 2.65. The molecule has 19 heavy (non-hydrogen) atoms. The van der Waals surface area contributed by atoms with Crippen molar-refractivity contribution in [1.82, 2.24) is 4.98 Å². The lowest BCUT2D eigenvalue weighted by Crippen LogP contribution is -1.88. The average Bonchev–Trinajstić information content (AvgIpc) is 2.91. The third-order valence-corrected chi connectivity index (χ3v) is 2.91. The average molecular weight is 251 g/mol. The highest BCUT2D eigenvalue weighted by Crippen LogP contribution is 2.20. The molecule has 0 aliphatic rings. The van der Waals surface area contributed by atoms with Gasteiger partial charge in [-0.25, -0.2) is 4.98 Å². The van der Waals surface area contributed by atoms with Crippen molar-refractivity contribution in [3.8, 4) is 17.0 Å². The Labute approximate surface area is 111 Å². The minimum absolute atomic E-state index is 0.265. The van der Waals surface area contributed by atoms with E-state index in [2.05, 4.69) is 4.98 Å². The van der Waals surface area contributed by atoms with Gasteiger partial charge in [0.05, 0.1) is 0 Å². The Kier molecular flexibility index (Phi) is 3.02. The van der Waals surface area contributed by atoms with Crippen LogP contribution in [0.25, 0.3) is 11.3 Å². The maximum absolute atomic E-state index is 9.24. The van der Waals surface area contributed by atoms with Gasteiger partial charge in [-0.05, 0) is 17.7 Å². The molecule has 1 heterocycles. The molecular weight excluding hydrogens is 238 g/mol. The van der Waals surface area contributed by atoms with Gasteiger partial charge in [-0.2, -0.15) is 0 Å². The van der Waals surface area contributed by atoms with Crippen LogP contribution < -0.4 is 0 Å². The van der Waals surface area contributed by atoms with Crippen molar-refractivity contribution in [2.45, 2.75) is 6.42 Å². The Morgan fingerprint density at radius 3 is 2.42 bits per heavy atom. The lowest BCUT2D eigenvalue weighted by molar-refractivity contribution is 0.474. The Morgan fingerprint density at radius 1 is 0.947 bits per heavy atom. The van der Waals surface area contributed by atoms with E-state index < -0.39 is 0 Å². The number of hydrogen-bond acceptors (Lipinski definition) is 3. The van der Waals surface area contributed by atoms with Crippen LogP contribution in [0.4, 0.5) is 0 Å². The van der Waals surface area contributed by atoms with E-state index in [-0.39, 0.29) is 5.75 Å².